The first-order valence-electron chi connectivity index (χ1n) is 31.5. The van der Waals surface area contributed by atoms with Gasteiger partial charge in [0.2, 0.25) is 5.95 Å². The normalized spacial score (nSPS) is 11.8. The maximum absolute atomic E-state index is 5.36. The lowest BCUT2D eigenvalue weighted by Crippen LogP contribution is -2.07. The molecule has 0 atom stereocenters. The zero-order valence-electron chi connectivity index (χ0n) is 50.4. The van der Waals surface area contributed by atoms with Crippen LogP contribution in [0.3, 0.4) is 0 Å². The van der Waals surface area contributed by atoms with Crippen LogP contribution in [-0.2, 0) is 0 Å². The molecule has 19 rings (SSSR count). The minimum Gasteiger partial charge on any atom is -0.309 e. The molecular formula is C84H51N9S. The lowest BCUT2D eigenvalue weighted by atomic mass is 10.00. The summed E-state index contributed by atoms with van der Waals surface area (Å²) in [6.45, 7) is 0. The number of benzene rings is 13. The van der Waals surface area contributed by atoms with Crippen LogP contribution in [0.25, 0.3) is 182 Å². The second-order valence-corrected chi connectivity index (χ2v) is 24.9. The summed E-state index contributed by atoms with van der Waals surface area (Å²) in [6, 6.07) is 110. The van der Waals surface area contributed by atoms with Crippen LogP contribution < -0.4 is 0 Å². The van der Waals surface area contributed by atoms with Gasteiger partial charge in [-0.1, -0.05) is 212 Å². The van der Waals surface area contributed by atoms with Gasteiger partial charge in [0.1, 0.15) is 0 Å². The maximum atomic E-state index is 5.36. The molecule has 19 aromatic rings. The molecule has 0 spiro atoms. The van der Waals surface area contributed by atoms with Gasteiger partial charge in [-0.2, -0.15) is 9.97 Å². The number of aromatic nitrogens is 9. The molecule has 0 bridgehead atoms. The summed E-state index contributed by atoms with van der Waals surface area (Å²) >= 11 is 1.81. The van der Waals surface area contributed by atoms with Crippen molar-refractivity contribution in [3.8, 4) is 96.5 Å². The number of hydrogen-bond donors (Lipinski definition) is 0. The van der Waals surface area contributed by atoms with E-state index < -0.39 is 0 Å². The third kappa shape index (κ3) is 8.76. The van der Waals surface area contributed by atoms with Gasteiger partial charge >= 0.3 is 0 Å². The average Bonchev–Trinajstić information content (AvgIpc) is 1.55. The van der Waals surface area contributed by atoms with E-state index in [0.29, 0.717) is 35.1 Å². The fourth-order valence-corrected chi connectivity index (χ4v) is 15.0. The van der Waals surface area contributed by atoms with Gasteiger partial charge in [-0.25, -0.2) is 19.9 Å². The van der Waals surface area contributed by atoms with Crippen molar-refractivity contribution in [2.45, 2.75) is 0 Å². The summed E-state index contributed by atoms with van der Waals surface area (Å²) in [5, 5.41) is 9.22. The van der Waals surface area contributed by atoms with Gasteiger partial charge in [0.05, 0.1) is 33.1 Å². The van der Waals surface area contributed by atoms with Gasteiger partial charge in [-0.15, -0.1) is 11.3 Å². The van der Waals surface area contributed by atoms with Crippen molar-refractivity contribution in [1.82, 2.24) is 43.6 Å². The molecular weight excluding hydrogens is 1170 g/mol. The number of thiophene rings is 1. The van der Waals surface area contributed by atoms with Crippen molar-refractivity contribution < 1.29 is 0 Å². The van der Waals surface area contributed by atoms with Crippen molar-refractivity contribution in [3.63, 3.8) is 0 Å². The molecule has 6 aromatic heterocycles. The highest BCUT2D eigenvalue weighted by Gasteiger charge is 2.25. The molecule has 0 fully saturated rings. The Kier molecular flexibility index (Phi) is 12.3. The molecule has 0 aliphatic heterocycles. The fourth-order valence-electron chi connectivity index (χ4n) is 14.0. The first-order valence-corrected chi connectivity index (χ1v) is 32.3. The fraction of sp³-hybridized carbons (Fsp3) is 0. The number of rotatable bonds is 10. The van der Waals surface area contributed by atoms with Crippen LogP contribution >= 0.6 is 11.3 Å². The quantitative estimate of drug-likeness (QED) is 0.135. The molecule has 0 aliphatic carbocycles. The van der Waals surface area contributed by atoms with Crippen LogP contribution in [0.4, 0.5) is 0 Å². The summed E-state index contributed by atoms with van der Waals surface area (Å²) in [6.07, 6.45) is 0. The van der Waals surface area contributed by atoms with E-state index in [2.05, 4.69) is 268 Å². The van der Waals surface area contributed by atoms with Crippen LogP contribution in [0.2, 0.25) is 0 Å². The van der Waals surface area contributed by atoms with E-state index in [1.54, 1.807) is 0 Å². The molecule has 0 unspecified atom stereocenters. The maximum Gasteiger partial charge on any atom is 0.238 e. The standard InChI is InChI=1S/C84H51N9S/c1-6-21-52(22-7-1)79-85-82(88-83(86-79)60-40-46-76-70(51-60)69-50-58(39-45-75(69)94-76)57-37-43-73-67(48-57)64-34-17-18-35-71(64)91(73)61-29-12-4-13-30-61)59-28-20-27-55(47-59)56-38-44-74-68(49-56)66-42-41-65-63-33-16-19-36-72(63)93(78(65)77(66)92(74)62-31-14-5-15-32-62)84-89-80(53-23-8-2-9-24-53)87-81(90-84)54-25-10-3-11-26-54/h1-51H. The first kappa shape index (κ1) is 53.3. The zero-order chi connectivity index (χ0) is 61.8. The van der Waals surface area contributed by atoms with E-state index in [0.717, 1.165) is 99.3 Å². The third-order valence-electron chi connectivity index (χ3n) is 18.3. The van der Waals surface area contributed by atoms with Gasteiger partial charge in [-0.05, 0) is 119 Å². The van der Waals surface area contributed by atoms with Crippen LogP contribution in [0.1, 0.15) is 0 Å². The summed E-state index contributed by atoms with van der Waals surface area (Å²) in [5.41, 5.74) is 17.6. The summed E-state index contributed by atoms with van der Waals surface area (Å²) in [4.78, 5) is 31.6. The van der Waals surface area contributed by atoms with Crippen molar-refractivity contribution in [2.75, 3.05) is 0 Å². The second-order valence-electron chi connectivity index (χ2n) is 23.8. The summed E-state index contributed by atoms with van der Waals surface area (Å²) in [5.74, 6) is 3.54. The summed E-state index contributed by atoms with van der Waals surface area (Å²) in [7, 11) is 0. The molecule has 0 aliphatic rings. The molecule has 0 saturated carbocycles. The van der Waals surface area contributed by atoms with E-state index in [4.69, 9.17) is 29.9 Å². The first-order chi connectivity index (χ1) is 46.6. The van der Waals surface area contributed by atoms with Crippen LogP contribution in [0.15, 0.2) is 309 Å². The van der Waals surface area contributed by atoms with Crippen molar-refractivity contribution in [2.24, 2.45) is 0 Å². The average molecular weight is 1220 g/mol. The monoisotopic (exact) mass is 1220 g/mol. The highest BCUT2D eigenvalue weighted by atomic mass is 32.1. The third-order valence-corrected chi connectivity index (χ3v) is 19.5. The SMILES string of the molecule is c1ccc(-c2nc(-c3cccc(-c4ccc5c(c4)c4ccc6c7ccccc7n(-c7nc(-c8ccccc8)nc(-c8ccccc8)n7)c6c4n5-c4ccccc4)c3)nc(-c3ccc4sc5ccc(-c6ccc7c(c6)c6ccccc6n7-c6ccccc6)cc5c4c3)n2)cc1. The molecule has 0 radical (unpaired) electrons. The van der Waals surface area contributed by atoms with E-state index in [9.17, 15) is 0 Å². The number of fused-ring (bicyclic) bond motifs is 13. The van der Waals surface area contributed by atoms with E-state index in [1.165, 1.54) is 47.7 Å². The molecule has 13 aromatic carbocycles. The molecule has 0 N–H and O–H groups in total. The Balaban J connectivity index is 0.741. The zero-order valence-corrected chi connectivity index (χ0v) is 51.2. The molecule has 94 heavy (non-hydrogen) atoms. The lowest BCUT2D eigenvalue weighted by Gasteiger charge is -2.13. The van der Waals surface area contributed by atoms with Crippen molar-refractivity contribution >= 4 is 96.9 Å². The predicted octanol–water partition coefficient (Wildman–Crippen LogP) is 21.4. The second kappa shape index (κ2) is 21.6. The van der Waals surface area contributed by atoms with Crippen LogP contribution in [0.5, 0.6) is 0 Å². The number of nitrogens with zero attached hydrogens (tertiary/aromatic N) is 9. The Labute approximate surface area is 543 Å². The minimum absolute atomic E-state index is 0.537. The van der Waals surface area contributed by atoms with Crippen molar-refractivity contribution in [1.29, 1.82) is 0 Å². The Morgan fingerprint density at radius 3 is 1.11 bits per heavy atom. The molecule has 6 heterocycles. The van der Waals surface area contributed by atoms with Crippen LogP contribution in [0, 0.1) is 0 Å². The lowest BCUT2D eigenvalue weighted by molar-refractivity contribution is 0.953. The smallest absolute Gasteiger partial charge is 0.238 e. The van der Waals surface area contributed by atoms with Crippen LogP contribution in [-0.4, -0.2) is 43.6 Å². The predicted molar refractivity (Wildman–Crippen MR) is 387 cm³/mol. The molecule has 0 amide bonds. The Hall–Kier alpha value is -12.5. The van der Waals surface area contributed by atoms with Gasteiger partial charge in [-0.3, -0.25) is 4.57 Å². The van der Waals surface area contributed by atoms with Gasteiger partial charge in [0, 0.05) is 91.7 Å². The van der Waals surface area contributed by atoms with Crippen molar-refractivity contribution in [3.05, 3.63) is 309 Å². The van der Waals surface area contributed by atoms with E-state index >= 15 is 0 Å². The Bertz CT molecular complexity index is 6160. The summed E-state index contributed by atoms with van der Waals surface area (Å²) < 4.78 is 9.44. The molecule has 438 valence electrons. The van der Waals surface area contributed by atoms with Gasteiger partial charge in [0.15, 0.2) is 29.1 Å². The highest BCUT2D eigenvalue weighted by molar-refractivity contribution is 7.25. The van der Waals surface area contributed by atoms with Gasteiger partial charge in [0.25, 0.3) is 0 Å². The molecule has 9 nitrogen and oxygen atoms in total. The minimum atomic E-state index is 0.537. The van der Waals surface area contributed by atoms with E-state index in [-0.39, 0.29) is 0 Å². The van der Waals surface area contributed by atoms with E-state index in [1.807, 2.05) is 65.9 Å². The Morgan fingerprint density at radius 2 is 0.543 bits per heavy atom. The molecule has 0 saturated heterocycles. The van der Waals surface area contributed by atoms with Gasteiger partial charge < -0.3 is 9.13 Å². The Morgan fingerprint density at radius 1 is 0.202 bits per heavy atom. The number of para-hydroxylation sites is 4. The number of hydrogen-bond acceptors (Lipinski definition) is 7. The highest BCUT2D eigenvalue weighted by Crippen LogP contribution is 2.45. The topological polar surface area (TPSA) is 92.1 Å². The largest absolute Gasteiger partial charge is 0.309 e. The molecule has 10 heteroatoms.